The Kier molecular flexibility index (Phi) is 4.74. The van der Waals surface area contributed by atoms with E-state index >= 15 is 0 Å². The van der Waals surface area contributed by atoms with Crippen LogP contribution < -0.4 is 5.32 Å². The summed E-state index contributed by atoms with van der Waals surface area (Å²) < 4.78 is 1.05. The van der Waals surface area contributed by atoms with Gasteiger partial charge in [0.1, 0.15) is 0 Å². The molecular formula is C16H16BrNO. The predicted molar refractivity (Wildman–Crippen MR) is 82.2 cm³/mol. The Bertz CT molecular complexity index is 536. The van der Waals surface area contributed by atoms with Gasteiger partial charge in [-0.3, -0.25) is 4.79 Å². The molecule has 0 aromatic heterocycles. The lowest BCUT2D eigenvalue weighted by molar-refractivity contribution is -0.116. The minimum atomic E-state index is 0.0432. The molecule has 0 saturated heterocycles. The van der Waals surface area contributed by atoms with Crippen molar-refractivity contribution in [1.82, 2.24) is 0 Å². The lowest BCUT2D eigenvalue weighted by Crippen LogP contribution is -2.14. The van der Waals surface area contributed by atoms with Gasteiger partial charge in [0.05, 0.1) is 0 Å². The monoisotopic (exact) mass is 317 g/mol. The molecule has 19 heavy (non-hydrogen) atoms. The summed E-state index contributed by atoms with van der Waals surface area (Å²) in [5.41, 5.74) is 2.02. The molecule has 2 aromatic carbocycles. The standard InChI is InChI=1S/C16H16BrNO/c1-12(13-7-9-14(17)10-8-13)11-16(19)18-15-5-3-2-4-6-15/h2-10,12H,11H2,1H3,(H,18,19). The maximum Gasteiger partial charge on any atom is 0.224 e. The molecule has 98 valence electrons. The first-order valence-electron chi connectivity index (χ1n) is 6.25. The molecule has 0 spiro atoms. The number of carbonyl (C=O) groups excluding carboxylic acids is 1. The van der Waals surface area contributed by atoms with Gasteiger partial charge in [0, 0.05) is 16.6 Å². The molecule has 0 bridgehead atoms. The SMILES string of the molecule is CC(CC(=O)Nc1ccccc1)c1ccc(Br)cc1. The van der Waals surface area contributed by atoms with Crippen LogP contribution in [0.1, 0.15) is 24.8 Å². The van der Waals surface area contributed by atoms with E-state index in [1.807, 2.05) is 54.6 Å². The largest absolute Gasteiger partial charge is 0.326 e. The molecule has 1 atom stereocenters. The molecule has 2 rings (SSSR count). The minimum Gasteiger partial charge on any atom is -0.326 e. The van der Waals surface area contributed by atoms with Crippen molar-refractivity contribution in [2.24, 2.45) is 0 Å². The fourth-order valence-corrected chi connectivity index (χ4v) is 2.19. The maximum absolute atomic E-state index is 11.9. The van der Waals surface area contributed by atoms with Crippen LogP contribution in [-0.4, -0.2) is 5.91 Å². The summed E-state index contributed by atoms with van der Waals surface area (Å²) >= 11 is 3.41. The van der Waals surface area contributed by atoms with Crippen molar-refractivity contribution in [2.45, 2.75) is 19.3 Å². The smallest absolute Gasteiger partial charge is 0.224 e. The van der Waals surface area contributed by atoms with Crippen molar-refractivity contribution in [3.63, 3.8) is 0 Å². The molecule has 0 saturated carbocycles. The zero-order chi connectivity index (χ0) is 13.7. The van der Waals surface area contributed by atoms with Crippen molar-refractivity contribution in [3.8, 4) is 0 Å². The van der Waals surface area contributed by atoms with E-state index < -0.39 is 0 Å². The van der Waals surface area contributed by atoms with Gasteiger partial charge in [-0.05, 0) is 35.7 Å². The van der Waals surface area contributed by atoms with Crippen molar-refractivity contribution < 1.29 is 4.79 Å². The van der Waals surface area contributed by atoms with Crippen LogP contribution in [0.15, 0.2) is 59.1 Å². The number of hydrogen-bond donors (Lipinski definition) is 1. The molecule has 0 radical (unpaired) electrons. The third kappa shape index (κ3) is 4.21. The highest BCUT2D eigenvalue weighted by Gasteiger charge is 2.11. The highest BCUT2D eigenvalue weighted by molar-refractivity contribution is 9.10. The number of benzene rings is 2. The van der Waals surface area contributed by atoms with E-state index in [2.05, 4.69) is 28.2 Å². The van der Waals surface area contributed by atoms with E-state index in [4.69, 9.17) is 0 Å². The summed E-state index contributed by atoms with van der Waals surface area (Å²) in [6.45, 7) is 2.06. The van der Waals surface area contributed by atoms with Gasteiger partial charge in [0.2, 0.25) is 5.91 Å². The number of para-hydroxylation sites is 1. The highest BCUT2D eigenvalue weighted by atomic mass is 79.9. The molecule has 0 aliphatic carbocycles. The van der Waals surface area contributed by atoms with Gasteiger partial charge in [-0.2, -0.15) is 0 Å². The second-order valence-electron chi connectivity index (χ2n) is 4.57. The summed E-state index contributed by atoms with van der Waals surface area (Å²) in [5, 5.41) is 2.91. The normalized spacial score (nSPS) is 11.9. The number of nitrogens with one attached hydrogen (secondary N) is 1. The van der Waals surface area contributed by atoms with Crippen LogP contribution >= 0.6 is 15.9 Å². The fraction of sp³-hybridized carbons (Fsp3) is 0.188. The molecule has 2 aromatic rings. The van der Waals surface area contributed by atoms with Gasteiger partial charge in [0.15, 0.2) is 0 Å². The molecular weight excluding hydrogens is 302 g/mol. The van der Waals surface area contributed by atoms with E-state index in [-0.39, 0.29) is 11.8 Å². The van der Waals surface area contributed by atoms with Crippen molar-refractivity contribution >= 4 is 27.5 Å². The van der Waals surface area contributed by atoms with Crippen LogP contribution in [0.2, 0.25) is 0 Å². The zero-order valence-corrected chi connectivity index (χ0v) is 12.4. The van der Waals surface area contributed by atoms with Crippen molar-refractivity contribution in [2.75, 3.05) is 5.32 Å². The lowest BCUT2D eigenvalue weighted by Gasteiger charge is -2.12. The maximum atomic E-state index is 11.9. The van der Waals surface area contributed by atoms with E-state index in [0.29, 0.717) is 6.42 Å². The number of anilines is 1. The predicted octanol–water partition coefficient (Wildman–Crippen LogP) is 4.58. The summed E-state index contributed by atoms with van der Waals surface area (Å²) in [5.74, 6) is 0.249. The van der Waals surface area contributed by atoms with Gasteiger partial charge in [-0.15, -0.1) is 0 Å². The summed E-state index contributed by atoms with van der Waals surface area (Å²) in [7, 11) is 0. The fourth-order valence-electron chi connectivity index (χ4n) is 1.92. The Morgan fingerprint density at radius 2 is 1.74 bits per heavy atom. The third-order valence-corrected chi connectivity index (χ3v) is 3.52. The Labute approximate surface area is 122 Å². The molecule has 1 N–H and O–H groups in total. The van der Waals surface area contributed by atoms with Gasteiger partial charge in [-0.25, -0.2) is 0 Å². The minimum absolute atomic E-state index is 0.0432. The third-order valence-electron chi connectivity index (χ3n) is 2.99. The number of halogens is 1. The first-order valence-corrected chi connectivity index (χ1v) is 7.05. The van der Waals surface area contributed by atoms with E-state index in [9.17, 15) is 4.79 Å². The average Bonchev–Trinajstić information content (AvgIpc) is 2.40. The number of rotatable bonds is 4. The van der Waals surface area contributed by atoms with Crippen LogP contribution in [0.25, 0.3) is 0 Å². The molecule has 1 unspecified atom stereocenters. The van der Waals surface area contributed by atoms with Crippen LogP contribution in [-0.2, 0) is 4.79 Å². The lowest BCUT2D eigenvalue weighted by atomic mass is 9.97. The van der Waals surface area contributed by atoms with Crippen LogP contribution in [0.5, 0.6) is 0 Å². The molecule has 0 aliphatic heterocycles. The number of carbonyl (C=O) groups is 1. The first kappa shape index (κ1) is 13.8. The summed E-state index contributed by atoms with van der Waals surface area (Å²) in [6, 6.07) is 17.6. The van der Waals surface area contributed by atoms with E-state index in [1.165, 1.54) is 5.56 Å². The summed E-state index contributed by atoms with van der Waals surface area (Å²) in [6.07, 6.45) is 0.483. The Balaban J connectivity index is 1.93. The zero-order valence-electron chi connectivity index (χ0n) is 10.8. The topological polar surface area (TPSA) is 29.1 Å². The van der Waals surface area contributed by atoms with Crippen LogP contribution in [0.3, 0.4) is 0 Å². The van der Waals surface area contributed by atoms with Gasteiger partial charge < -0.3 is 5.32 Å². The van der Waals surface area contributed by atoms with Crippen LogP contribution in [0.4, 0.5) is 5.69 Å². The molecule has 2 nitrogen and oxygen atoms in total. The number of hydrogen-bond acceptors (Lipinski definition) is 1. The van der Waals surface area contributed by atoms with Gasteiger partial charge >= 0.3 is 0 Å². The van der Waals surface area contributed by atoms with E-state index in [1.54, 1.807) is 0 Å². The summed E-state index contributed by atoms with van der Waals surface area (Å²) in [4.78, 5) is 11.9. The Hall–Kier alpha value is -1.61. The Morgan fingerprint density at radius 3 is 2.37 bits per heavy atom. The van der Waals surface area contributed by atoms with Crippen molar-refractivity contribution in [3.05, 3.63) is 64.6 Å². The average molecular weight is 318 g/mol. The van der Waals surface area contributed by atoms with E-state index in [0.717, 1.165) is 10.2 Å². The van der Waals surface area contributed by atoms with Crippen LogP contribution in [0, 0.1) is 0 Å². The van der Waals surface area contributed by atoms with Gasteiger partial charge in [0.25, 0.3) is 0 Å². The molecule has 0 aliphatic rings. The first-order chi connectivity index (χ1) is 9.15. The second kappa shape index (κ2) is 6.53. The molecule has 0 heterocycles. The van der Waals surface area contributed by atoms with Crippen molar-refractivity contribution in [1.29, 1.82) is 0 Å². The molecule has 1 amide bonds. The second-order valence-corrected chi connectivity index (χ2v) is 5.49. The highest BCUT2D eigenvalue weighted by Crippen LogP contribution is 2.21. The molecule has 3 heteroatoms. The van der Waals surface area contributed by atoms with Gasteiger partial charge in [-0.1, -0.05) is 53.2 Å². The quantitative estimate of drug-likeness (QED) is 0.878. The number of amides is 1. The molecule has 0 fully saturated rings. The Morgan fingerprint density at radius 1 is 1.11 bits per heavy atom.